The highest BCUT2D eigenvalue weighted by Crippen LogP contribution is 2.33. The van der Waals surface area contributed by atoms with Gasteiger partial charge in [-0.05, 0) is 25.1 Å². The van der Waals surface area contributed by atoms with Gasteiger partial charge in [0.1, 0.15) is 17.0 Å². The standard InChI is InChI=1S/C25H17ClN2O6/c1-15-21(22(27-34-15)19-9-5-6-10-20(19)26)25(30)33-24(23(29)16-7-3-2-4-8-16)17-11-13-18(14-12-17)28(31)32/h2-14,24H,1H3/t24-/m0/s1. The first-order valence-corrected chi connectivity index (χ1v) is 10.5. The van der Waals surface area contributed by atoms with Gasteiger partial charge in [-0.3, -0.25) is 14.9 Å². The molecule has 0 N–H and O–H groups in total. The molecule has 1 heterocycles. The second-order valence-electron chi connectivity index (χ2n) is 7.31. The molecule has 8 nitrogen and oxygen atoms in total. The highest BCUT2D eigenvalue weighted by molar-refractivity contribution is 6.33. The van der Waals surface area contributed by atoms with E-state index in [4.69, 9.17) is 20.9 Å². The van der Waals surface area contributed by atoms with Gasteiger partial charge < -0.3 is 9.26 Å². The molecule has 34 heavy (non-hydrogen) atoms. The highest BCUT2D eigenvalue weighted by atomic mass is 35.5. The van der Waals surface area contributed by atoms with E-state index in [2.05, 4.69) is 5.16 Å². The van der Waals surface area contributed by atoms with E-state index in [9.17, 15) is 19.7 Å². The molecule has 0 saturated carbocycles. The molecule has 0 fully saturated rings. The van der Waals surface area contributed by atoms with Crippen molar-refractivity contribution < 1.29 is 23.8 Å². The zero-order valence-electron chi connectivity index (χ0n) is 17.8. The van der Waals surface area contributed by atoms with E-state index in [1.165, 1.54) is 24.3 Å². The van der Waals surface area contributed by atoms with Crippen molar-refractivity contribution in [1.82, 2.24) is 5.16 Å². The fraction of sp³-hybridized carbons (Fsp3) is 0.0800. The molecule has 0 aliphatic heterocycles. The lowest BCUT2D eigenvalue weighted by Gasteiger charge is -2.17. The Labute approximate surface area is 198 Å². The monoisotopic (exact) mass is 476 g/mol. The van der Waals surface area contributed by atoms with E-state index in [1.54, 1.807) is 61.5 Å². The van der Waals surface area contributed by atoms with E-state index in [-0.39, 0.29) is 28.3 Å². The van der Waals surface area contributed by atoms with Gasteiger partial charge in [-0.25, -0.2) is 4.79 Å². The molecule has 3 aromatic carbocycles. The average Bonchev–Trinajstić information content (AvgIpc) is 3.24. The van der Waals surface area contributed by atoms with Gasteiger partial charge in [-0.15, -0.1) is 0 Å². The second kappa shape index (κ2) is 9.68. The Bertz CT molecular complexity index is 1370. The lowest BCUT2D eigenvalue weighted by molar-refractivity contribution is -0.384. The van der Waals surface area contributed by atoms with Crippen LogP contribution in [-0.2, 0) is 4.74 Å². The fourth-order valence-electron chi connectivity index (χ4n) is 3.41. The van der Waals surface area contributed by atoms with Gasteiger partial charge in [0.25, 0.3) is 5.69 Å². The van der Waals surface area contributed by atoms with Crippen LogP contribution < -0.4 is 0 Å². The Morgan fingerprint density at radius 3 is 2.29 bits per heavy atom. The molecule has 0 saturated heterocycles. The lowest BCUT2D eigenvalue weighted by atomic mass is 9.99. The number of non-ortho nitro benzene ring substituents is 1. The number of nitro benzene ring substituents is 1. The lowest BCUT2D eigenvalue weighted by Crippen LogP contribution is -2.21. The van der Waals surface area contributed by atoms with Crippen molar-refractivity contribution in [2.75, 3.05) is 0 Å². The third-order valence-electron chi connectivity index (χ3n) is 5.12. The minimum atomic E-state index is -1.36. The van der Waals surface area contributed by atoms with Crippen molar-refractivity contribution in [2.45, 2.75) is 13.0 Å². The maximum atomic E-state index is 13.3. The number of hydrogen-bond donors (Lipinski definition) is 0. The topological polar surface area (TPSA) is 113 Å². The van der Waals surface area contributed by atoms with E-state index < -0.39 is 22.8 Å². The van der Waals surface area contributed by atoms with Crippen LogP contribution in [0.3, 0.4) is 0 Å². The number of carbonyl (C=O) groups excluding carboxylic acids is 2. The Balaban J connectivity index is 1.73. The normalized spacial score (nSPS) is 11.6. The highest BCUT2D eigenvalue weighted by Gasteiger charge is 2.31. The molecule has 1 atom stereocenters. The smallest absolute Gasteiger partial charge is 0.345 e. The molecule has 0 bridgehead atoms. The summed E-state index contributed by atoms with van der Waals surface area (Å²) in [5.41, 5.74) is 1.11. The third kappa shape index (κ3) is 4.57. The minimum absolute atomic E-state index is 0.0286. The van der Waals surface area contributed by atoms with Crippen LogP contribution >= 0.6 is 11.6 Å². The predicted molar refractivity (Wildman–Crippen MR) is 124 cm³/mol. The number of Topliss-reactive ketones (excluding diaryl/α,β-unsaturated/α-hetero) is 1. The molecular weight excluding hydrogens is 460 g/mol. The molecule has 0 radical (unpaired) electrons. The van der Waals surface area contributed by atoms with E-state index in [1.807, 2.05) is 0 Å². The number of hydrogen-bond acceptors (Lipinski definition) is 7. The van der Waals surface area contributed by atoms with Crippen molar-refractivity contribution in [3.8, 4) is 11.3 Å². The molecule has 0 amide bonds. The zero-order valence-corrected chi connectivity index (χ0v) is 18.6. The number of halogens is 1. The van der Waals surface area contributed by atoms with Gasteiger partial charge in [0.05, 0.1) is 9.95 Å². The predicted octanol–water partition coefficient (Wildman–Crippen LogP) is 5.99. The van der Waals surface area contributed by atoms with Crippen LogP contribution in [0.4, 0.5) is 5.69 Å². The van der Waals surface area contributed by atoms with Crippen LogP contribution in [0.25, 0.3) is 11.3 Å². The molecule has 0 aliphatic rings. The zero-order chi connectivity index (χ0) is 24.2. The van der Waals surface area contributed by atoms with Crippen LogP contribution in [0, 0.1) is 17.0 Å². The molecule has 9 heteroatoms. The summed E-state index contributed by atoms with van der Waals surface area (Å²) in [5, 5.41) is 15.4. The minimum Gasteiger partial charge on any atom is -0.445 e. The molecule has 0 aliphatic carbocycles. The maximum absolute atomic E-state index is 13.3. The number of esters is 1. The summed E-state index contributed by atoms with van der Waals surface area (Å²) in [6.45, 7) is 1.55. The number of nitro groups is 1. The number of aromatic nitrogens is 1. The summed E-state index contributed by atoms with van der Waals surface area (Å²) in [4.78, 5) is 37.1. The Hall–Kier alpha value is -4.30. The van der Waals surface area contributed by atoms with Crippen LogP contribution in [-0.4, -0.2) is 21.8 Å². The average molecular weight is 477 g/mol. The van der Waals surface area contributed by atoms with Gasteiger partial charge in [-0.1, -0.05) is 65.3 Å². The van der Waals surface area contributed by atoms with Gasteiger partial charge in [0.2, 0.25) is 5.78 Å². The van der Waals surface area contributed by atoms with E-state index in [0.29, 0.717) is 16.1 Å². The molecule has 0 unspecified atom stereocenters. The van der Waals surface area contributed by atoms with Crippen molar-refractivity contribution >= 4 is 29.0 Å². The Morgan fingerprint density at radius 1 is 1.00 bits per heavy atom. The number of benzene rings is 3. The van der Waals surface area contributed by atoms with Gasteiger partial charge in [-0.2, -0.15) is 0 Å². The second-order valence-corrected chi connectivity index (χ2v) is 7.71. The molecule has 1 aromatic heterocycles. The first kappa shape index (κ1) is 22.9. The fourth-order valence-corrected chi connectivity index (χ4v) is 3.64. The third-order valence-corrected chi connectivity index (χ3v) is 5.45. The largest absolute Gasteiger partial charge is 0.445 e. The Morgan fingerprint density at radius 2 is 1.65 bits per heavy atom. The number of nitrogens with zero attached hydrogens (tertiary/aromatic N) is 2. The summed E-state index contributed by atoms with van der Waals surface area (Å²) in [7, 11) is 0. The Kier molecular flexibility index (Phi) is 6.51. The number of ketones is 1. The number of aryl methyl sites for hydroxylation is 1. The van der Waals surface area contributed by atoms with Crippen molar-refractivity contribution in [3.05, 3.63) is 116 Å². The van der Waals surface area contributed by atoms with Gasteiger partial charge in [0, 0.05) is 28.8 Å². The first-order chi connectivity index (χ1) is 16.4. The van der Waals surface area contributed by atoms with Crippen molar-refractivity contribution in [1.29, 1.82) is 0 Å². The quantitative estimate of drug-likeness (QED) is 0.139. The van der Waals surface area contributed by atoms with Crippen LogP contribution in [0.1, 0.15) is 38.1 Å². The number of rotatable bonds is 7. The summed E-state index contributed by atoms with van der Waals surface area (Å²) in [6, 6.07) is 20.3. The summed E-state index contributed by atoms with van der Waals surface area (Å²) < 4.78 is 10.9. The molecule has 0 spiro atoms. The van der Waals surface area contributed by atoms with Crippen LogP contribution in [0.15, 0.2) is 83.4 Å². The first-order valence-electron chi connectivity index (χ1n) is 10.1. The summed E-state index contributed by atoms with van der Waals surface area (Å²) in [5.74, 6) is -1.15. The number of carbonyl (C=O) groups is 2. The molecular formula is C25H17ClN2O6. The molecule has 4 aromatic rings. The summed E-state index contributed by atoms with van der Waals surface area (Å²) >= 11 is 6.27. The van der Waals surface area contributed by atoms with Crippen molar-refractivity contribution in [2.24, 2.45) is 0 Å². The molecule has 170 valence electrons. The van der Waals surface area contributed by atoms with E-state index >= 15 is 0 Å². The molecule has 4 rings (SSSR count). The van der Waals surface area contributed by atoms with Crippen LogP contribution in [0.2, 0.25) is 5.02 Å². The van der Waals surface area contributed by atoms with Crippen molar-refractivity contribution in [3.63, 3.8) is 0 Å². The van der Waals surface area contributed by atoms with Gasteiger partial charge >= 0.3 is 5.97 Å². The SMILES string of the molecule is Cc1onc(-c2ccccc2Cl)c1C(=O)O[C@H](C(=O)c1ccccc1)c1ccc([N+](=O)[O-])cc1. The maximum Gasteiger partial charge on any atom is 0.345 e. The number of ether oxygens (including phenoxy) is 1. The summed E-state index contributed by atoms with van der Waals surface area (Å²) in [6.07, 6.45) is -1.36. The van der Waals surface area contributed by atoms with E-state index in [0.717, 1.165) is 0 Å². The van der Waals surface area contributed by atoms with Crippen LogP contribution in [0.5, 0.6) is 0 Å². The van der Waals surface area contributed by atoms with Gasteiger partial charge in [0.15, 0.2) is 6.10 Å².